The second kappa shape index (κ2) is 15.3. The third-order valence-corrected chi connectivity index (χ3v) is 14.2. The maximum absolute atomic E-state index is 6.37. The lowest BCUT2D eigenvalue weighted by Gasteiger charge is -2.30. The molecule has 1 aliphatic carbocycles. The van der Waals surface area contributed by atoms with Gasteiger partial charge in [0.15, 0.2) is 0 Å². The highest BCUT2D eigenvalue weighted by Crippen LogP contribution is 2.44. The predicted molar refractivity (Wildman–Crippen MR) is 275 cm³/mol. The van der Waals surface area contributed by atoms with Crippen molar-refractivity contribution >= 4 is 104 Å². The molecule has 0 saturated carbocycles. The number of hydrogen-bond acceptors (Lipinski definition) is 4. The molecular formula is C60H41N3OS. The van der Waals surface area contributed by atoms with Gasteiger partial charge in [-0.3, -0.25) is 0 Å². The first-order valence-corrected chi connectivity index (χ1v) is 23.1. The normalized spacial score (nSPS) is 14.0. The number of thiophene rings is 1. The molecule has 65 heavy (non-hydrogen) atoms. The van der Waals surface area contributed by atoms with Crippen molar-refractivity contribution < 1.29 is 4.42 Å². The summed E-state index contributed by atoms with van der Waals surface area (Å²) in [4.78, 5) is 4.75. The molecule has 13 rings (SSSR count). The topological polar surface area (TPSA) is 24.6 Å². The van der Waals surface area contributed by atoms with Gasteiger partial charge in [0.25, 0.3) is 0 Å². The van der Waals surface area contributed by atoms with Gasteiger partial charge in [0, 0.05) is 93.5 Å². The van der Waals surface area contributed by atoms with Gasteiger partial charge >= 0.3 is 0 Å². The standard InChI is InChI=1S/C60H41N3OS/c1-4-16-42(17-5-1)61(47-32-34-55-52(36-47)53-38-54-51-24-11-13-26-59(51)65-60(54)39-56(53)63(55)44-20-8-3-9-21-44)45-29-27-40(28-30-45)41-15-14-22-46(35-41)62(43-18-6-2-7-19-43)48-31-33-50-49-23-10-12-25-57(49)64-58(50)37-48/h1-27,29-40H,28H2. The van der Waals surface area contributed by atoms with Gasteiger partial charge in [-0.05, 0) is 121 Å². The molecule has 3 heterocycles. The zero-order valence-corrected chi connectivity index (χ0v) is 36.2. The Hall–Kier alpha value is -8.12. The number of furan rings is 1. The van der Waals surface area contributed by atoms with Crippen LogP contribution in [0.2, 0.25) is 0 Å². The molecule has 12 aromatic rings. The summed E-state index contributed by atoms with van der Waals surface area (Å²) in [5.41, 5.74) is 13.3. The third kappa shape index (κ3) is 6.35. The highest BCUT2D eigenvalue weighted by molar-refractivity contribution is 7.25. The number of aromatic nitrogens is 1. The summed E-state index contributed by atoms with van der Waals surface area (Å²) in [6.45, 7) is 0. The third-order valence-electron chi connectivity index (χ3n) is 13.1. The van der Waals surface area contributed by atoms with Crippen molar-refractivity contribution in [2.75, 3.05) is 9.80 Å². The number of benzene rings is 9. The van der Waals surface area contributed by atoms with Crippen molar-refractivity contribution in [1.29, 1.82) is 0 Å². The van der Waals surface area contributed by atoms with Crippen LogP contribution in [-0.2, 0) is 0 Å². The molecule has 5 heteroatoms. The largest absolute Gasteiger partial charge is 0.456 e. The van der Waals surface area contributed by atoms with E-state index in [2.05, 4.69) is 233 Å². The Bertz CT molecular complexity index is 3820. The molecule has 0 radical (unpaired) electrons. The van der Waals surface area contributed by atoms with Crippen LogP contribution in [0.4, 0.5) is 28.4 Å². The second-order valence-electron chi connectivity index (χ2n) is 16.9. The molecule has 1 atom stereocenters. The minimum atomic E-state index is 0.209. The Morgan fingerprint density at radius 2 is 1.08 bits per heavy atom. The van der Waals surface area contributed by atoms with Gasteiger partial charge in [0.2, 0.25) is 0 Å². The van der Waals surface area contributed by atoms with Crippen LogP contribution in [0.3, 0.4) is 0 Å². The number of hydrogen-bond donors (Lipinski definition) is 0. The van der Waals surface area contributed by atoms with E-state index in [1.54, 1.807) is 0 Å². The van der Waals surface area contributed by atoms with E-state index in [1.807, 2.05) is 23.5 Å². The van der Waals surface area contributed by atoms with Crippen LogP contribution in [0.15, 0.2) is 241 Å². The Morgan fingerprint density at radius 1 is 0.431 bits per heavy atom. The summed E-state index contributed by atoms with van der Waals surface area (Å²) < 4.78 is 11.4. The molecule has 308 valence electrons. The van der Waals surface area contributed by atoms with Crippen molar-refractivity contribution in [2.24, 2.45) is 0 Å². The van der Waals surface area contributed by atoms with E-state index in [1.165, 1.54) is 47.5 Å². The molecule has 9 aromatic carbocycles. The average Bonchev–Trinajstić information content (AvgIpc) is 4.03. The van der Waals surface area contributed by atoms with E-state index in [-0.39, 0.29) is 5.92 Å². The SMILES string of the molecule is C1=CC(c2cccc(N(c3ccccc3)c3ccc4c(c3)oc3ccccc34)c2)CC=C1N(c1ccccc1)c1ccc2c(c1)c1cc3c(cc1n2-c1ccccc1)sc1ccccc13. The molecule has 0 aliphatic heterocycles. The Morgan fingerprint density at radius 3 is 1.88 bits per heavy atom. The van der Waals surface area contributed by atoms with Crippen molar-refractivity contribution in [3.05, 3.63) is 242 Å². The fraction of sp³-hybridized carbons (Fsp3) is 0.0333. The van der Waals surface area contributed by atoms with Gasteiger partial charge < -0.3 is 18.8 Å². The lowest BCUT2D eigenvalue weighted by atomic mass is 9.90. The van der Waals surface area contributed by atoms with Crippen molar-refractivity contribution in [3.63, 3.8) is 0 Å². The fourth-order valence-electron chi connectivity index (χ4n) is 10.0. The number of anilines is 5. The Labute approximate surface area is 380 Å². The number of rotatable bonds is 8. The molecule has 0 N–H and O–H groups in total. The second-order valence-corrected chi connectivity index (χ2v) is 18.0. The molecule has 0 spiro atoms. The van der Waals surface area contributed by atoms with Gasteiger partial charge in [-0.25, -0.2) is 0 Å². The van der Waals surface area contributed by atoms with E-state index in [0.717, 1.165) is 68.2 Å². The molecule has 0 bridgehead atoms. The fourth-order valence-corrected chi connectivity index (χ4v) is 11.2. The highest BCUT2D eigenvalue weighted by atomic mass is 32.1. The van der Waals surface area contributed by atoms with Crippen LogP contribution >= 0.6 is 11.3 Å². The molecule has 0 amide bonds. The smallest absolute Gasteiger partial charge is 0.137 e. The van der Waals surface area contributed by atoms with Crippen LogP contribution in [0, 0.1) is 0 Å². The minimum absolute atomic E-state index is 0.209. The van der Waals surface area contributed by atoms with E-state index < -0.39 is 0 Å². The quantitative estimate of drug-likeness (QED) is 0.152. The number of fused-ring (bicyclic) bond motifs is 9. The zero-order chi connectivity index (χ0) is 42.8. The lowest BCUT2D eigenvalue weighted by molar-refractivity contribution is 0.669. The summed E-state index contributed by atoms with van der Waals surface area (Å²) >= 11 is 1.87. The summed E-state index contributed by atoms with van der Waals surface area (Å²) in [7, 11) is 0. The first-order valence-electron chi connectivity index (χ1n) is 22.3. The van der Waals surface area contributed by atoms with Crippen LogP contribution in [0.25, 0.3) is 69.6 Å². The predicted octanol–water partition coefficient (Wildman–Crippen LogP) is 17.3. The van der Waals surface area contributed by atoms with E-state index in [0.29, 0.717) is 0 Å². The summed E-state index contributed by atoms with van der Waals surface area (Å²) in [5.74, 6) is 0.209. The lowest BCUT2D eigenvalue weighted by Crippen LogP contribution is -2.17. The molecular weight excluding hydrogens is 811 g/mol. The van der Waals surface area contributed by atoms with Gasteiger partial charge in [-0.15, -0.1) is 11.3 Å². The molecule has 0 saturated heterocycles. The first kappa shape index (κ1) is 37.4. The van der Waals surface area contributed by atoms with Gasteiger partial charge in [-0.1, -0.05) is 115 Å². The van der Waals surface area contributed by atoms with Crippen LogP contribution in [0.5, 0.6) is 0 Å². The highest BCUT2D eigenvalue weighted by Gasteiger charge is 2.23. The van der Waals surface area contributed by atoms with Gasteiger partial charge in [-0.2, -0.15) is 0 Å². The molecule has 4 nitrogen and oxygen atoms in total. The van der Waals surface area contributed by atoms with E-state index in [9.17, 15) is 0 Å². The van der Waals surface area contributed by atoms with Crippen LogP contribution < -0.4 is 9.80 Å². The Kier molecular flexibility index (Phi) is 8.81. The van der Waals surface area contributed by atoms with Crippen LogP contribution in [-0.4, -0.2) is 4.57 Å². The summed E-state index contributed by atoms with van der Waals surface area (Å²) in [6, 6.07) is 76.6. The molecule has 3 aromatic heterocycles. The Balaban J connectivity index is 0.882. The first-order chi connectivity index (χ1) is 32.2. The molecule has 0 fully saturated rings. The number of allylic oxidation sites excluding steroid dienone is 3. The van der Waals surface area contributed by atoms with Crippen molar-refractivity contribution in [1.82, 2.24) is 4.57 Å². The maximum Gasteiger partial charge on any atom is 0.137 e. The monoisotopic (exact) mass is 851 g/mol. The molecule has 1 aliphatic rings. The maximum atomic E-state index is 6.37. The number of para-hydroxylation sites is 4. The number of nitrogens with zero attached hydrogens (tertiary/aromatic N) is 3. The summed E-state index contributed by atoms with van der Waals surface area (Å²) in [5, 5.41) is 7.36. The summed E-state index contributed by atoms with van der Waals surface area (Å²) in [6.07, 6.45) is 7.98. The van der Waals surface area contributed by atoms with Gasteiger partial charge in [0.05, 0.1) is 11.0 Å². The van der Waals surface area contributed by atoms with Crippen molar-refractivity contribution in [2.45, 2.75) is 12.3 Å². The van der Waals surface area contributed by atoms with E-state index >= 15 is 0 Å². The van der Waals surface area contributed by atoms with Gasteiger partial charge in [0.1, 0.15) is 11.2 Å². The molecule has 1 unspecified atom stereocenters. The minimum Gasteiger partial charge on any atom is -0.456 e. The van der Waals surface area contributed by atoms with Crippen molar-refractivity contribution in [3.8, 4) is 5.69 Å². The zero-order valence-electron chi connectivity index (χ0n) is 35.4. The van der Waals surface area contributed by atoms with E-state index in [4.69, 9.17) is 4.42 Å². The average molecular weight is 852 g/mol. The van der Waals surface area contributed by atoms with Crippen LogP contribution in [0.1, 0.15) is 17.9 Å².